The zero-order valence-corrected chi connectivity index (χ0v) is 31.4. The first-order valence-electron chi connectivity index (χ1n) is 20.1. The Labute approximate surface area is 323 Å². The van der Waals surface area contributed by atoms with Gasteiger partial charge in [-0.2, -0.15) is 0 Å². The molecular formula is C46H50N4O5. The van der Waals surface area contributed by atoms with Gasteiger partial charge in [0.1, 0.15) is 11.5 Å². The number of piperazine rings is 1. The predicted molar refractivity (Wildman–Crippen MR) is 213 cm³/mol. The summed E-state index contributed by atoms with van der Waals surface area (Å²) in [4.78, 5) is 46.3. The van der Waals surface area contributed by atoms with Crippen LogP contribution >= 0.6 is 0 Å². The van der Waals surface area contributed by atoms with Gasteiger partial charge in [0.15, 0.2) is 5.78 Å². The average Bonchev–Trinajstić information content (AvgIpc) is 3.53. The summed E-state index contributed by atoms with van der Waals surface area (Å²) in [6, 6.07) is 31.3. The lowest BCUT2D eigenvalue weighted by molar-refractivity contribution is -0.133. The Morgan fingerprint density at radius 2 is 1.42 bits per heavy atom. The number of rotatable bonds is 7. The number of hydrogen-bond acceptors (Lipinski definition) is 8. The molecule has 3 atom stereocenters. The minimum absolute atomic E-state index is 0.0333. The van der Waals surface area contributed by atoms with Gasteiger partial charge in [0.05, 0.1) is 18.1 Å². The average molecular weight is 739 g/mol. The maximum absolute atomic E-state index is 13.2. The minimum atomic E-state index is -0.725. The highest BCUT2D eigenvalue weighted by molar-refractivity contribution is 6.07. The van der Waals surface area contributed by atoms with Gasteiger partial charge in [-0.3, -0.25) is 19.3 Å². The molecule has 2 N–H and O–H groups in total. The first-order valence-corrected chi connectivity index (χ1v) is 20.1. The van der Waals surface area contributed by atoms with Crippen molar-refractivity contribution in [2.75, 3.05) is 55.6 Å². The number of phenols is 1. The fourth-order valence-electron chi connectivity index (χ4n) is 10.1. The molecule has 284 valence electrons. The molecule has 9 rings (SSSR count). The molecule has 5 aliphatic rings. The summed E-state index contributed by atoms with van der Waals surface area (Å²) in [6.45, 7) is 6.08. The van der Waals surface area contributed by atoms with Crippen LogP contribution in [0.5, 0.6) is 5.75 Å². The van der Waals surface area contributed by atoms with Crippen LogP contribution in [0, 0.1) is 0 Å². The Bertz CT molecular complexity index is 2090. The van der Waals surface area contributed by atoms with Crippen LogP contribution in [0.2, 0.25) is 0 Å². The number of ketones is 2. The molecule has 0 radical (unpaired) electrons. The van der Waals surface area contributed by atoms with Crippen LogP contribution in [0.4, 0.5) is 11.4 Å². The van der Waals surface area contributed by atoms with Gasteiger partial charge in [-0.1, -0.05) is 48.5 Å². The smallest absolute Gasteiger partial charge is 0.255 e. The number of anilines is 2. The van der Waals surface area contributed by atoms with Crippen LogP contribution in [-0.4, -0.2) is 94.9 Å². The van der Waals surface area contributed by atoms with E-state index in [1.807, 2.05) is 24.3 Å². The topological polar surface area (TPSA) is 105 Å². The number of nitrogens with zero attached hydrogens (tertiary/aromatic N) is 4. The molecular weight excluding hydrogens is 689 g/mol. The molecule has 2 aliphatic carbocycles. The Morgan fingerprint density at radius 3 is 2.16 bits per heavy atom. The highest BCUT2D eigenvalue weighted by Gasteiger charge is 2.40. The number of Topliss-reactive ketones (excluding diaryl/α,β-unsaturated/α-hetero) is 2. The van der Waals surface area contributed by atoms with Crippen molar-refractivity contribution < 1.29 is 24.6 Å². The van der Waals surface area contributed by atoms with Crippen LogP contribution in [0.15, 0.2) is 91.0 Å². The fraction of sp³-hybridized carbons (Fsp3) is 0.413. The zero-order valence-electron chi connectivity index (χ0n) is 31.4. The monoisotopic (exact) mass is 738 g/mol. The summed E-state index contributed by atoms with van der Waals surface area (Å²) in [7, 11) is 0. The van der Waals surface area contributed by atoms with E-state index in [4.69, 9.17) is 0 Å². The van der Waals surface area contributed by atoms with Crippen molar-refractivity contribution >= 4 is 28.8 Å². The van der Waals surface area contributed by atoms with Crippen molar-refractivity contribution in [2.45, 2.75) is 75.0 Å². The number of β-amino-alcohol motifs (C(OH)–C–C–N with tert-alkyl or cyclic N) is 1. The molecule has 3 heterocycles. The second-order valence-corrected chi connectivity index (χ2v) is 16.5. The van der Waals surface area contributed by atoms with E-state index in [1.165, 1.54) is 27.9 Å². The van der Waals surface area contributed by atoms with E-state index in [0.717, 1.165) is 76.2 Å². The van der Waals surface area contributed by atoms with Gasteiger partial charge in [0, 0.05) is 81.6 Å². The maximum atomic E-state index is 13.2. The first-order chi connectivity index (χ1) is 26.7. The number of aromatic hydroxyl groups is 1. The lowest BCUT2D eigenvalue weighted by Gasteiger charge is -2.44. The molecule has 3 aliphatic heterocycles. The number of benzene rings is 4. The number of aryl methyl sites for hydroxylation is 1. The van der Waals surface area contributed by atoms with Gasteiger partial charge in [0.25, 0.3) is 5.91 Å². The number of aliphatic hydroxyl groups is 1. The van der Waals surface area contributed by atoms with Gasteiger partial charge in [-0.15, -0.1) is 0 Å². The van der Waals surface area contributed by atoms with Crippen molar-refractivity contribution in [3.8, 4) is 5.75 Å². The van der Waals surface area contributed by atoms with E-state index in [2.05, 4.69) is 81.4 Å². The second kappa shape index (κ2) is 14.6. The summed E-state index contributed by atoms with van der Waals surface area (Å²) < 4.78 is 0. The number of phenolic OH excluding ortho intramolecular Hbond substituents is 1. The number of hydrogen-bond donors (Lipinski definition) is 2. The van der Waals surface area contributed by atoms with E-state index in [-0.39, 0.29) is 29.8 Å². The highest BCUT2D eigenvalue weighted by Crippen LogP contribution is 2.47. The summed E-state index contributed by atoms with van der Waals surface area (Å²) in [5.74, 6) is 0.636. The van der Waals surface area contributed by atoms with Gasteiger partial charge in [0.2, 0.25) is 0 Å². The number of carbonyl (C=O) groups excluding carboxylic acids is 3. The predicted octanol–water partition coefficient (Wildman–Crippen LogP) is 6.05. The Hall–Kier alpha value is -4.99. The van der Waals surface area contributed by atoms with Gasteiger partial charge < -0.3 is 24.9 Å². The molecule has 2 saturated heterocycles. The van der Waals surface area contributed by atoms with Crippen molar-refractivity contribution in [3.05, 3.63) is 124 Å². The Kier molecular flexibility index (Phi) is 9.47. The number of carbonyl (C=O) groups is 3. The van der Waals surface area contributed by atoms with E-state index in [9.17, 15) is 24.6 Å². The van der Waals surface area contributed by atoms with E-state index in [0.29, 0.717) is 43.2 Å². The molecule has 9 nitrogen and oxygen atoms in total. The number of piperidine rings is 1. The highest BCUT2D eigenvalue weighted by atomic mass is 16.3. The Balaban J connectivity index is 0.796. The van der Waals surface area contributed by atoms with Crippen LogP contribution < -0.4 is 9.80 Å². The van der Waals surface area contributed by atoms with Crippen LogP contribution in [0.3, 0.4) is 0 Å². The number of amides is 1. The molecule has 4 aromatic rings. The quantitative estimate of drug-likeness (QED) is 0.221. The van der Waals surface area contributed by atoms with Crippen molar-refractivity contribution in [2.24, 2.45) is 0 Å². The maximum Gasteiger partial charge on any atom is 0.255 e. The van der Waals surface area contributed by atoms with E-state index >= 15 is 0 Å². The molecule has 0 aromatic heterocycles. The fourth-order valence-corrected chi connectivity index (χ4v) is 10.1. The SMILES string of the molecule is O=C1CCC(N2Cc3cc(N4CCN(CC5(O)CCN(c6ccc([C@@H]7c8ccc(O)cc8CC[C@@H]7c7ccccc7)cc6)CC5)CC4)ccc3C2=O)C(=O)C1. The third kappa shape index (κ3) is 7.04. The van der Waals surface area contributed by atoms with Crippen molar-refractivity contribution in [3.63, 3.8) is 0 Å². The lowest BCUT2D eigenvalue weighted by atomic mass is 9.69. The summed E-state index contributed by atoms with van der Waals surface area (Å²) in [5.41, 5.74) is 8.34. The summed E-state index contributed by atoms with van der Waals surface area (Å²) in [6.07, 6.45) is 4.14. The molecule has 4 aromatic carbocycles. The van der Waals surface area contributed by atoms with Crippen LogP contribution in [0.25, 0.3) is 0 Å². The van der Waals surface area contributed by atoms with Gasteiger partial charge in [-0.25, -0.2) is 0 Å². The van der Waals surface area contributed by atoms with Crippen LogP contribution in [-0.2, 0) is 22.6 Å². The molecule has 1 amide bonds. The van der Waals surface area contributed by atoms with E-state index in [1.54, 1.807) is 4.90 Å². The normalized spacial score (nSPS) is 24.2. The Morgan fingerprint density at radius 1 is 0.691 bits per heavy atom. The first kappa shape index (κ1) is 35.7. The van der Waals surface area contributed by atoms with Gasteiger partial charge in [-0.05, 0) is 108 Å². The summed E-state index contributed by atoms with van der Waals surface area (Å²) >= 11 is 0. The van der Waals surface area contributed by atoms with E-state index < -0.39 is 11.6 Å². The molecule has 9 heteroatoms. The van der Waals surface area contributed by atoms with Crippen molar-refractivity contribution in [1.82, 2.24) is 9.80 Å². The molecule has 1 unspecified atom stereocenters. The number of fused-ring (bicyclic) bond motifs is 2. The zero-order chi connectivity index (χ0) is 37.7. The van der Waals surface area contributed by atoms with Crippen molar-refractivity contribution in [1.29, 1.82) is 0 Å². The molecule has 1 saturated carbocycles. The van der Waals surface area contributed by atoms with Crippen LogP contribution in [0.1, 0.15) is 88.5 Å². The molecule has 3 fully saturated rings. The third-order valence-corrected chi connectivity index (χ3v) is 13.1. The molecule has 55 heavy (non-hydrogen) atoms. The largest absolute Gasteiger partial charge is 0.508 e. The molecule has 0 spiro atoms. The second-order valence-electron chi connectivity index (χ2n) is 16.5. The standard InChI is InChI=1S/C46H50N4O5/c51-37-12-16-40-33(27-37)8-14-39(31-4-2-1-3-5-31)44(40)32-6-9-35(10-7-32)48-20-18-46(55,19-21-48)30-47-22-24-49(25-23-47)36-11-15-41-34(26-36)29-50(45(41)54)42-17-13-38(52)28-43(42)53/h1-7,9-12,15-16,26-27,39,42,44,51,55H,8,13-14,17-25,28-30H2/t39-,42?,44+/m1/s1. The van der Waals surface area contributed by atoms with Gasteiger partial charge >= 0.3 is 0 Å². The minimum Gasteiger partial charge on any atom is -0.508 e. The lowest BCUT2D eigenvalue weighted by Crippen LogP contribution is -2.55. The molecule has 0 bridgehead atoms. The third-order valence-electron chi connectivity index (χ3n) is 13.1. The summed E-state index contributed by atoms with van der Waals surface area (Å²) in [5, 5.41) is 22.0.